The Bertz CT molecular complexity index is 487. The van der Waals surface area contributed by atoms with Gasteiger partial charge in [0.25, 0.3) is 0 Å². The third-order valence-electron chi connectivity index (χ3n) is 4.77. The molecule has 1 nitrogen and oxygen atoms in total. The molecular formula is C17H23Cl2NSiTi. The summed E-state index contributed by atoms with van der Waals surface area (Å²) in [6, 6.07) is 9.04. The fourth-order valence-corrected chi connectivity index (χ4v) is 5.26. The molecule has 1 atom stereocenters. The Morgan fingerprint density at radius 1 is 1.05 bits per heavy atom. The van der Waals surface area contributed by atoms with Crippen LogP contribution in [-0.2, 0) is 21.7 Å². The minimum absolute atomic E-state index is 0. The van der Waals surface area contributed by atoms with Gasteiger partial charge in [0.1, 0.15) is 0 Å². The Kier molecular flexibility index (Phi) is 9.85. The average molecular weight is 388 g/mol. The molecular weight excluding hydrogens is 365 g/mol. The number of halogens is 2. The first-order valence-corrected chi connectivity index (χ1v) is 10.0. The van der Waals surface area contributed by atoms with Crippen molar-refractivity contribution in [1.82, 2.24) is 0 Å². The average Bonchev–Trinajstić information content (AvgIpc) is 2.83. The molecule has 0 amide bonds. The van der Waals surface area contributed by atoms with E-state index in [-0.39, 0.29) is 55.3 Å². The Hall–Kier alpha value is 0.431. The molecule has 22 heavy (non-hydrogen) atoms. The summed E-state index contributed by atoms with van der Waals surface area (Å²) in [7, 11) is -0.384. The molecule has 3 rings (SSSR count). The molecule has 1 aromatic carbocycles. The van der Waals surface area contributed by atoms with Crippen molar-refractivity contribution >= 4 is 14.9 Å². The van der Waals surface area contributed by atoms with E-state index in [0.717, 1.165) is 0 Å². The molecule has 1 fully saturated rings. The van der Waals surface area contributed by atoms with Gasteiger partial charge in [0.15, 0.2) is 0 Å². The number of rotatable bonds is 3. The Morgan fingerprint density at radius 3 is 2.32 bits per heavy atom. The minimum atomic E-state index is -0.384. The molecule has 0 N–H and O–H groups in total. The summed E-state index contributed by atoms with van der Waals surface area (Å²) in [5.74, 6) is 0. The predicted octanol–water partition coefficient (Wildman–Crippen LogP) is -0.870. The van der Waals surface area contributed by atoms with Crippen LogP contribution in [-0.4, -0.2) is 14.0 Å². The van der Waals surface area contributed by atoms with Crippen molar-refractivity contribution in [3.63, 3.8) is 0 Å². The van der Waals surface area contributed by atoms with Gasteiger partial charge in [-0.2, -0.15) is 0 Å². The van der Waals surface area contributed by atoms with Crippen molar-refractivity contribution in [3.8, 4) is 0 Å². The molecule has 0 aliphatic heterocycles. The first-order valence-electron chi connectivity index (χ1n) is 7.51. The van der Waals surface area contributed by atoms with E-state index in [2.05, 4.69) is 49.5 Å². The first-order chi connectivity index (χ1) is 9.21. The van der Waals surface area contributed by atoms with Gasteiger partial charge in [-0.05, 0) is 5.56 Å². The van der Waals surface area contributed by atoms with Crippen molar-refractivity contribution in [2.75, 3.05) is 0 Å². The van der Waals surface area contributed by atoms with Gasteiger partial charge in [-0.3, -0.25) is 0 Å². The van der Waals surface area contributed by atoms with Crippen LogP contribution in [0.25, 0.3) is 11.4 Å². The summed E-state index contributed by atoms with van der Waals surface area (Å²) in [4.78, 5) is 0. The van der Waals surface area contributed by atoms with E-state index in [1.807, 2.05) is 0 Å². The molecule has 1 aromatic rings. The zero-order valence-electron chi connectivity index (χ0n) is 13.3. The van der Waals surface area contributed by atoms with E-state index in [4.69, 9.17) is 5.32 Å². The summed E-state index contributed by atoms with van der Waals surface area (Å²) < 4.78 is 0. The number of nitrogens with zero attached hydrogens (tertiary/aromatic N) is 1. The number of fused-ring (bicyclic) bond motifs is 1. The summed E-state index contributed by atoms with van der Waals surface area (Å²) in [6.07, 6.45) is 11.3. The number of hydrogen-bond donors (Lipinski definition) is 0. The topological polar surface area (TPSA) is 14.1 Å². The van der Waals surface area contributed by atoms with E-state index in [0.29, 0.717) is 11.2 Å². The van der Waals surface area contributed by atoms with Crippen molar-refractivity contribution in [1.29, 1.82) is 0 Å². The van der Waals surface area contributed by atoms with Crippen LogP contribution < -0.4 is 24.8 Å². The summed E-state index contributed by atoms with van der Waals surface area (Å²) in [6.45, 7) is 4.90. The van der Waals surface area contributed by atoms with Gasteiger partial charge in [-0.25, -0.2) is 0 Å². The van der Waals surface area contributed by atoms with E-state index < -0.39 is 0 Å². The SMILES string of the molecule is C[Si](C)C1([N-]C2C=Cc3ccccc32)CCCCC1.[Cl-].[Cl-].[Ti+3]. The second kappa shape index (κ2) is 9.66. The maximum atomic E-state index is 5.37. The van der Waals surface area contributed by atoms with E-state index in [1.165, 1.54) is 43.2 Å². The van der Waals surface area contributed by atoms with E-state index in [9.17, 15) is 0 Å². The number of benzene rings is 1. The predicted molar refractivity (Wildman–Crippen MR) is 84.9 cm³/mol. The zero-order chi connectivity index (χ0) is 13.3. The van der Waals surface area contributed by atoms with Crippen molar-refractivity contribution < 1.29 is 46.5 Å². The van der Waals surface area contributed by atoms with E-state index >= 15 is 0 Å². The molecule has 118 valence electrons. The fourth-order valence-electron chi connectivity index (χ4n) is 3.50. The van der Waals surface area contributed by atoms with Gasteiger partial charge in [-0.1, -0.05) is 93.2 Å². The Balaban J connectivity index is 0.00000147. The van der Waals surface area contributed by atoms with Crippen LogP contribution in [0.5, 0.6) is 0 Å². The molecule has 0 heterocycles. The van der Waals surface area contributed by atoms with Gasteiger partial charge in [0.05, 0.1) is 0 Å². The molecule has 0 spiro atoms. The van der Waals surface area contributed by atoms with Crippen LogP contribution in [0.1, 0.15) is 49.3 Å². The van der Waals surface area contributed by atoms with E-state index in [1.54, 1.807) is 0 Å². The summed E-state index contributed by atoms with van der Waals surface area (Å²) >= 11 is 0. The van der Waals surface area contributed by atoms with Crippen LogP contribution >= 0.6 is 0 Å². The van der Waals surface area contributed by atoms with Crippen LogP contribution in [0.15, 0.2) is 30.3 Å². The molecule has 0 aromatic heterocycles. The molecule has 2 radical (unpaired) electrons. The largest absolute Gasteiger partial charge is 3.00 e. The third kappa shape index (κ3) is 4.49. The molecule has 2 aliphatic rings. The first kappa shape index (κ1) is 22.4. The molecule has 1 saturated carbocycles. The second-order valence-electron chi connectivity index (χ2n) is 6.15. The Labute approximate surface area is 164 Å². The van der Waals surface area contributed by atoms with Gasteiger partial charge in [-0.15, -0.1) is 5.16 Å². The molecule has 5 heteroatoms. The normalized spacial score (nSPS) is 21.3. The maximum absolute atomic E-state index is 5.37. The third-order valence-corrected chi connectivity index (χ3v) is 7.26. The maximum Gasteiger partial charge on any atom is 3.00 e. The summed E-state index contributed by atoms with van der Waals surface area (Å²) in [5, 5.41) is 5.68. The second-order valence-corrected chi connectivity index (χ2v) is 9.08. The minimum Gasteiger partial charge on any atom is -1.00 e. The number of hydrogen-bond acceptors (Lipinski definition) is 0. The van der Waals surface area contributed by atoms with Crippen LogP contribution in [0, 0.1) is 0 Å². The Morgan fingerprint density at radius 2 is 1.68 bits per heavy atom. The van der Waals surface area contributed by atoms with Crippen molar-refractivity contribution in [2.24, 2.45) is 0 Å². The fraction of sp³-hybridized carbons (Fsp3) is 0.529. The van der Waals surface area contributed by atoms with Crippen LogP contribution in [0.2, 0.25) is 13.1 Å². The summed E-state index contributed by atoms with van der Waals surface area (Å²) in [5.41, 5.74) is 2.78. The zero-order valence-corrected chi connectivity index (χ0v) is 17.4. The van der Waals surface area contributed by atoms with Crippen LogP contribution in [0.4, 0.5) is 0 Å². The van der Waals surface area contributed by atoms with Crippen molar-refractivity contribution in [3.05, 3.63) is 46.8 Å². The smallest absolute Gasteiger partial charge is 1.00 e. The standard InChI is InChI=1S/C17H23NSi.2ClH.Ti/c1-19(2)17(12-6-3-7-13-17)18-16-11-10-14-8-4-5-9-15(14)16;;;/h4-5,8-11,16H,3,6-7,12-13H2,1-2H3;2*1H;/q-1;;;+3/p-2. The van der Waals surface area contributed by atoms with Gasteiger partial charge >= 0.3 is 21.7 Å². The van der Waals surface area contributed by atoms with Gasteiger partial charge in [0, 0.05) is 8.80 Å². The molecule has 0 bridgehead atoms. The quantitative estimate of drug-likeness (QED) is 0.598. The van der Waals surface area contributed by atoms with Crippen molar-refractivity contribution in [2.45, 2.75) is 56.4 Å². The molecule has 1 unspecified atom stereocenters. The monoisotopic (exact) mass is 387 g/mol. The molecule has 2 aliphatic carbocycles. The van der Waals surface area contributed by atoms with Gasteiger partial charge < -0.3 is 30.1 Å². The molecule has 0 saturated heterocycles. The van der Waals surface area contributed by atoms with Gasteiger partial charge in [0.2, 0.25) is 0 Å². The van der Waals surface area contributed by atoms with Crippen LogP contribution in [0.3, 0.4) is 0 Å².